The number of carbonyl (C=O) groups is 2. The monoisotopic (exact) mass is 312 g/mol. The van der Waals surface area contributed by atoms with Gasteiger partial charge in [-0.05, 0) is 12.5 Å². The van der Waals surface area contributed by atoms with Gasteiger partial charge in [0.1, 0.15) is 5.69 Å². The summed E-state index contributed by atoms with van der Waals surface area (Å²) in [7, 11) is 0. The number of aromatic nitrogens is 2. The number of aromatic amines is 1. The highest BCUT2D eigenvalue weighted by Crippen LogP contribution is 2.18. The van der Waals surface area contributed by atoms with Gasteiger partial charge < -0.3 is 9.80 Å². The summed E-state index contributed by atoms with van der Waals surface area (Å²) in [5.41, 5.74) is 2.22. The topological polar surface area (TPSA) is 69.3 Å². The van der Waals surface area contributed by atoms with Crippen molar-refractivity contribution >= 4 is 11.8 Å². The molecule has 0 unspecified atom stereocenters. The summed E-state index contributed by atoms with van der Waals surface area (Å²) < 4.78 is 0. The van der Waals surface area contributed by atoms with Gasteiger partial charge in [-0.25, -0.2) is 0 Å². The van der Waals surface area contributed by atoms with E-state index in [4.69, 9.17) is 0 Å². The van der Waals surface area contributed by atoms with Crippen LogP contribution in [0, 0.1) is 0 Å². The second kappa shape index (κ2) is 6.64. The molecule has 0 aliphatic carbocycles. The molecule has 0 radical (unpaired) electrons. The third-order valence-corrected chi connectivity index (χ3v) is 4.11. The Morgan fingerprint density at radius 3 is 2.48 bits per heavy atom. The Hall–Kier alpha value is -2.63. The lowest BCUT2D eigenvalue weighted by Gasteiger charge is -2.20. The number of carbonyl (C=O) groups excluding carboxylic acids is 2. The van der Waals surface area contributed by atoms with Crippen LogP contribution in [0.3, 0.4) is 0 Å². The third kappa shape index (κ3) is 3.41. The first-order chi connectivity index (χ1) is 11.1. The van der Waals surface area contributed by atoms with E-state index in [9.17, 15) is 9.59 Å². The van der Waals surface area contributed by atoms with Crippen molar-refractivity contribution in [3.63, 3.8) is 0 Å². The quantitative estimate of drug-likeness (QED) is 0.919. The Bertz CT molecular complexity index is 696. The molecule has 0 spiro atoms. The molecule has 120 valence electrons. The van der Waals surface area contributed by atoms with Crippen molar-refractivity contribution in [1.82, 2.24) is 20.0 Å². The highest BCUT2D eigenvalue weighted by molar-refractivity contribution is 5.93. The lowest BCUT2D eigenvalue weighted by molar-refractivity contribution is -0.128. The van der Waals surface area contributed by atoms with E-state index in [2.05, 4.69) is 10.2 Å². The zero-order valence-electron chi connectivity index (χ0n) is 13.2. The van der Waals surface area contributed by atoms with Crippen LogP contribution in [0.1, 0.15) is 23.8 Å². The zero-order chi connectivity index (χ0) is 16.2. The minimum absolute atomic E-state index is 0.0622. The van der Waals surface area contributed by atoms with E-state index in [1.165, 1.54) is 0 Å². The molecule has 1 aromatic heterocycles. The van der Waals surface area contributed by atoms with Gasteiger partial charge in [0.2, 0.25) is 5.91 Å². The van der Waals surface area contributed by atoms with Crippen LogP contribution in [0.5, 0.6) is 0 Å². The molecular weight excluding hydrogens is 292 g/mol. The van der Waals surface area contributed by atoms with Gasteiger partial charge in [-0.15, -0.1) is 0 Å². The number of nitrogens with zero attached hydrogens (tertiary/aromatic N) is 3. The van der Waals surface area contributed by atoms with Crippen LogP contribution in [0.2, 0.25) is 0 Å². The number of hydrogen-bond donors (Lipinski definition) is 1. The summed E-state index contributed by atoms with van der Waals surface area (Å²) in [5, 5.41) is 7.07. The first-order valence-electron chi connectivity index (χ1n) is 7.81. The van der Waals surface area contributed by atoms with E-state index in [0.717, 1.165) is 17.7 Å². The SMILES string of the molecule is CC(=O)N1CCCN(C(=O)c2cc(-c3ccccc3)n[nH]2)CC1. The Balaban J connectivity index is 1.71. The predicted octanol–water partition coefficient (Wildman–Crippen LogP) is 1.77. The first-order valence-corrected chi connectivity index (χ1v) is 7.81. The second-order valence-corrected chi connectivity index (χ2v) is 5.68. The number of benzene rings is 1. The molecule has 3 rings (SSSR count). The summed E-state index contributed by atoms with van der Waals surface area (Å²) in [5.74, 6) is -0.00251. The normalized spacial score (nSPS) is 15.3. The Morgan fingerprint density at radius 2 is 1.74 bits per heavy atom. The molecule has 1 aliphatic heterocycles. The maximum absolute atomic E-state index is 12.6. The Kier molecular flexibility index (Phi) is 4.41. The smallest absolute Gasteiger partial charge is 0.271 e. The van der Waals surface area contributed by atoms with Gasteiger partial charge >= 0.3 is 0 Å². The number of H-pyrrole nitrogens is 1. The Morgan fingerprint density at radius 1 is 1.04 bits per heavy atom. The van der Waals surface area contributed by atoms with E-state index < -0.39 is 0 Å². The van der Waals surface area contributed by atoms with Crippen molar-refractivity contribution < 1.29 is 9.59 Å². The van der Waals surface area contributed by atoms with Crippen LogP contribution in [0.15, 0.2) is 36.4 Å². The van der Waals surface area contributed by atoms with Crippen LogP contribution >= 0.6 is 0 Å². The molecule has 0 atom stereocenters. The molecule has 6 heteroatoms. The predicted molar refractivity (Wildman–Crippen MR) is 86.8 cm³/mol. The van der Waals surface area contributed by atoms with Crippen LogP contribution in [0.4, 0.5) is 0 Å². The fraction of sp³-hybridized carbons (Fsp3) is 0.353. The Labute approximate surface area is 135 Å². The van der Waals surface area contributed by atoms with Gasteiger partial charge in [0.05, 0.1) is 5.69 Å². The molecule has 1 N–H and O–H groups in total. The van der Waals surface area contributed by atoms with Crippen molar-refractivity contribution in [3.8, 4) is 11.3 Å². The van der Waals surface area contributed by atoms with Crippen LogP contribution in [-0.4, -0.2) is 58.0 Å². The van der Waals surface area contributed by atoms with Crippen LogP contribution in [-0.2, 0) is 4.79 Å². The van der Waals surface area contributed by atoms with E-state index in [1.807, 2.05) is 30.3 Å². The highest BCUT2D eigenvalue weighted by atomic mass is 16.2. The molecule has 1 fully saturated rings. The lowest BCUT2D eigenvalue weighted by Crippen LogP contribution is -2.36. The molecular formula is C17H20N4O2. The van der Waals surface area contributed by atoms with Crippen molar-refractivity contribution in [2.75, 3.05) is 26.2 Å². The van der Waals surface area contributed by atoms with Crippen LogP contribution < -0.4 is 0 Å². The van der Waals surface area contributed by atoms with Gasteiger partial charge in [-0.3, -0.25) is 14.7 Å². The van der Waals surface area contributed by atoms with Gasteiger partial charge in [0.25, 0.3) is 5.91 Å². The molecule has 1 aliphatic rings. The zero-order valence-corrected chi connectivity index (χ0v) is 13.2. The van der Waals surface area contributed by atoms with Crippen molar-refractivity contribution in [3.05, 3.63) is 42.1 Å². The maximum atomic E-state index is 12.6. The number of hydrogen-bond acceptors (Lipinski definition) is 3. The molecule has 0 saturated carbocycles. The molecule has 0 bridgehead atoms. The summed E-state index contributed by atoms with van der Waals surface area (Å²) in [6.07, 6.45) is 0.797. The average molecular weight is 312 g/mol. The average Bonchev–Trinajstić information content (AvgIpc) is 2.92. The molecule has 23 heavy (non-hydrogen) atoms. The summed E-state index contributed by atoms with van der Waals surface area (Å²) in [4.78, 5) is 27.7. The van der Waals surface area contributed by atoms with Gasteiger partial charge in [-0.2, -0.15) is 5.10 Å². The number of amides is 2. The van der Waals surface area contributed by atoms with Gasteiger partial charge in [0, 0.05) is 38.7 Å². The molecule has 6 nitrogen and oxygen atoms in total. The first kappa shape index (κ1) is 15.3. The molecule has 2 aromatic rings. The summed E-state index contributed by atoms with van der Waals surface area (Å²) >= 11 is 0. The number of rotatable bonds is 2. The standard InChI is InChI=1S/C17H20N4O2/c1-13(22)20-8-5-9-21(11-10-20)17(23)16-12-15(18-19-16)14-6-3-2-4-7-14/h2-4,6-7,12H,5,8-11H2,1H3,(H,18,19). The highest BCUT2D eigenvalue weighted by Gasteiger charge is 2.22. The maximum Gasteiger partial charge on any atom is 0.271 e. The van der Waals surface area contributed by atoms with Gasteiger partial charge in [0.15, 0.2) is 0 Å². The molecule has 2 amide bonds. The van der Waals surface area contributed by atoms with E-state index in [-0.39, 0.29) is 11.8 Å². The molecule has 2 heterocycles. The lowest BCUT2D eigenvalue weighted by atomic mass is 10.1. The molecule has 1 aromatic carbocycles. The minimum atomic E-state index is -0.0647. The largest absolute Gasteiger partial charge is 0.341 e. The fourth-order valence-corrected chi connectivity index (χ4v) is 2.79. The van der Waals surface area contributed by atoms with Crippen molar-refractivity contribution in [1.29, 1.82) is 0 Å². The van der Waals surface area contributed by atoms with Crippen molar-refractivity contribution in [2.24, 2.45) is 0 Å². The third-order valence-electron chi connectivity index (χ3n) is 4.11. The fourth-order valence-electron chi connectivity index (χ4n) is 2.79. The molecule has 1 saturated heterocycles. The van der Waals surface area contributed by atoms with E-state index in [0.29, 0.717) is 31.9 Å². The second-order valence-electron chi connectivity index (χ2n) is 5.68. The van der Waals surface area contributed by atoms with Crippen LogP contribution in [0.25, 0.3) is 11.3 Å². The summed E-state index contributed by atoms with van der Waals surface area (Å²) in [6, 6.07) is 11.5. The summed E-state index contributed by atoms with van der Waals surface area (Å²) in [6.45, 7) is 4.07. The van der Waals surface area contributed by atoms with Crippen molar-refractivity contribution in [2.45, 2.75) is 13.3 Å². The number of nitrogens with one attached hydrogen (secondary N) is 1. The van der Waals surface area contributed by atoms with E-state index >= 15 is 0 Å². The van der Waals surface area contributed by atoms with E-state index in [1.54, 1.807) is 22.8 Å². The minimum Gasteiger partial charge on any atom is -0.341 e. The van der Waals surface area contributed by atoms with Gasteiger partial charge in [-0.1, -0.05) is 30.3 Å².